The number of hydrogen-bond donors (Lipinski definition) is 1. The van der Waals surface area contributed by atoms with E-state index in [1.165, 1.54) is 11.3 Å². The monoisotopic (exact) mass is 379 g/mol. The lowest BCUT2D eigenvalue weighted by Crippen LogP contribution is -2.35. The Hall–Kier alpha value is -1.77. The molecular formula is C17H21N3O3S2. The number of sulfone groups is 1. The number of benzene rings is 1. The summed E-state index contributed by atoms with van der Waals surface area (Å²) in [5.41, 5.74) is 1.57. The fraction of sp³-hybridized carbons (Fsp3) is 0.412. The van der Waals surface area contributed by atoms with Gasteiger partial charge in [0.05, 0.1) is 11.5 Å². The van der Waals surface area contributed by atoms with Crippen LogP contribution in [-0.2, 0) is 16.4 Å². The van der Waals surface area contributed by atoms with Gasteiger partial charge in [0.15, 0.2) is 15.0 Å². The number of amides is 1. The van der Waals surface area contributed by atoms with E-state index < -0.39 is 9.84 Å². The van der Waals surface area contributed by atoms with Crippen LogP contribution in [0.2, 0.25) is 0 Å². The van der Waals surface area contributed by atoms with Gasteiger partial charge in [0.25, 0.3) is 5.91 Å². The van der Waals surface area contributed by atoms with Gasteiger partial charge in [-0.05, 0) is 30.7 Å². The zero-order chi connectivity index (χ0) is 17.9. The average molecular weight is 380 g/mol. The fourth-order valence-corrected chi connectivity index (χ4v) is 5.35. The number of carbonyl (C=O) groups is 1. The minimum atomic E-state index is -2.91. The highest BCUT2D eigenvalue weighted by Gasteiger charge is 2.31. The maximum atomic E-state index is 12.3. The molecule has 25 heavy (non-hydrogen) atoms. The number of anilines is 1. The van der Waals surface area contributed by atoms with Crippen LogP contribution in [0.4, 0.5) is 5.13 Å². The molecule has 0 bridgehead atoms. The molecule has 1 unspecified atom stereocenters. The molecule has 0 saturated carbocycles. The summed E-state index contributed by atoms with van der Waals surface area (Å²) < 4.78 is 23.4. The minimum Gasteiger partial charge on any atom is -0.298 e. The molecule has 6 nitrogen and oxygen atoms in total. The summed E-state index contributed by atoms with van der Waals surface area (Å²) >= 11 is 1.37. The number of aromatic nitrogens is 1. The SMILES string of the molecule is CCN(Cc1cccc(C(=O)Nc2nccs2)c1)C1CCS(=O)(=O)C1. The van der Waals surface area contributed by atoms with E-state index in [1.54, 1.807) is 17.6 Å². The Morgan fingerprint density at radius 1 is 1.44 bits per heavy atom. The van der Waals surface area contributed by atoms with Crippen LogP contribution < -0.4 is 5.32 Å². The first-order chi connectivity index (χ1) is 12.0. The van der Waals surface area contributed by atoms with E-state index in [2.05, 4.69) is 15.2 Å². The normalized spacial score (nSPS) is 19.2. The van der Waals surface area contributed by atoms with Crippen molar-refractivity contribution in [2.45, 2.75) is 25.9 Å². The van der Waals surface area contributed by atoms with Crippen LogP contribution in [0.3, 0.4) is 0 Å². The van der Waals surface area contributed by atoms with Gasteiger partial charge in [-0.15, -0.1) is 11.3 Å². The first kappa shape index (κ1) is 18.0. The number of hydrogen-bond acceptors (Lipinski definition) is 6. The van der Waals surface area contributed by atoms with Crippen molar-refractivity contribution in [3.63, 3.8) is 0 Å². The largest absolute Gasteiger partial charge is 0.298 e. The van der Waals surface area contributed by atoms with Gasteiger partial charge in [-0.1, -0.05) is 19.1 Å². The van der Waals surface area contributed by atoms with Crippen molar-refractivity contribution in [2.75, 3.05) is 23.4 Å². The van der Waals surface area contributed by atoms with E-state index in [9.17, 15) is 13.2 Å². The van der Waals surface area contributed by atoms with Gasteiger partial charge in [0, 0.05) is 29.7 Å². The molecule has 0 radical (unpaired) electrons. The first-order valence-electron chi connectivity index (χ1n) is 8.21. The Bertz CT molecular complexity index is 835. The zero-order valence-corrected chi connectivity index (χ0v) is 15.6. The van der Waals surface area contributed by atoms with Crippen LogP contribution >= 0.6 is 11.3 Å². The predicted molar refractivity (Wildman–Crippen MR) is 99.7 cm³/mol. The predicted octanol–water partition coefficient (Wildman–Crippen LogP) is 2.40. The second-order valence-corrected chi connectivity index (χ2v) is 9.24. The van der Waals surface area contributed by atoms with Crippen molar-refractivity contribution < 1.29 is 13.2 Å². The summed E-state index contributed by atoms with van der Waals surface area (Å²) in [4.78, 5) is 18.5. The van der Waals surface area contributed by atoms with E-state index in [1.807, 2.05) is 25.1 Å². The summed E-state index contributed by atoms with van der Waals surface area (Å²) in [7, 11) is -2.91. The van der Waals surface area contributed by atoms with Gasteiger partial charge in [-0.2, -0.15) is 0 Å². The molecule has 1 N–H and O–H groups in total. The molecule has 1 fully saturated rings. The number of rotatable bonds is 6. The van der Waals surface area contributed by atoms with Crippen LogP contribution in [0.15, 0.2) is 35.8 Å². The van der Waals surface area contributed by atoms with Gasteiger partial charge in [0.2, 0.25) is 0 Å². The molecule has 1 aromatic carbocycles. The number of nitrogens with zero attached hydrogens (tertiary/aromatic N) is 2. The third-order valence-electron chi connectivity index (χ3n) is 4.36. The summed E-state index contributed by atoms with van der Waals surface area (Å²) in [5.74, 6) is 0.304. The van der Waals surface area contributed by atoms with Gasteiger partial charge in [-0.3, -0.25) is 15.0 Å². The van der Waals surface area contributed by atoms with Crippen LogP contribution in [0.1, 0.15) is 29.3 Å². The summed E-state index contributed by atoms with van der Waals surface area (Å²) in [6.45, 7) is 3.44. The van der Waals surface area contributed by atoms with Crippen LogP contribution in [0.25, 0.3) is 0 Å². The quantitative estimate of drug-likeness (QED) is 0.834. The second-order valence-electron chi connectivity index (χ2n) is 6.11. The molecule has 1 saturated heterocycles. The Labute approximate surface area is 151 Å². The maximum Gasteiger partial charge on any atom is 0.257 e. The molecule has 1 amide bonds. The molecule has 1 aliphatic rings. The first-order valence-corrected chi connectivity index (χ1v) is 10.9. The Morgan fingerprint density at radius 2 is 2.28 bits per heavy atom. The molecule has 134 valence electrons. The molecule has 1 atom stereocenters. The summed E-state index contributed by atoms with van der Waals surface area (Å²) in [6.07, 6.45) is 2.33. The van der Waals surface area contributed by atoms with Crippen molar-refractivity contribution in [3.05, 3.63) is 47.0 Å². The molecule has 0 aliphatic carbocycles. The van der Waals surface area contributed by atoms with Crippen LogP contribution in [0, 0.1) is 0 Å². The van der Waals surface area contributed by atoms with Crippen molar-refractivity contribution >= 4 is 32.2 Å². The van der Waals surface area contributed by atoms with Gasteiger partial charge < -0.3 is 0 Å². The molecule has 1 aliphatic heterocycles. The van der Waals surface area contributed by atoms with Crippen LogP contribution in [-0.4, -0.2) is 48.3 Å². The summed E-state index contributed by atoms with van der Waals surface area (Å²) in [6, 6.07) is 7.50. The third-order valence-corrected chi connectivity index (χ3v) is 6.80. The molecule has 2 heterocycles. The third kappa shape index (κ3) is 4.65. The van der Waals surface area contributed by atoms with Crippen LogP contribution in [0.5, 0.6) is 0 Å². The minimum absolute atomic E-state index is 0.0581. The van der Waals surface area contributed by atoms with E-state index >= 15 is 0 Å². The smallest absolute Gasteiger partial charge is 0.257 e. The van der Waals surface area contributed by atoms with E-state index in [4.69, 9.17) is 0 Å². The van der Waals surface area contributed by atoms with Crippen molar-refractivity contribution in [3.8, 4) is 0 Å². The highest BCUT2D eigenvalue weighted by atomic mass is 32.2. The Balaban J connectivity index is 1.69. The van der Waals surface area contributed by atoms with Gasteiger partial charge in [-0.25, -0.2) is 13.4 Å². The number of carbonyl (C=O) groups excluding carboxylic acids is 1. The molecule has 3 rings (SSSR count). The highest BCUT2D eigenvalue weighted by Crippen LogP contribution is 2.20. The zero-order valence-electron chi connectivity index (χ0n) is 14.0. The molecule has 8 heteroatoms. The van der Waals surface area contributed by atoms with Crippen molar-refractivity contribution in [1.29, 1.82) is 0 Å². The van der Waals surface area contributed by atoms with E-state index in [0.29, 0.717) is 23.7 Å². The molecule has 1 aromatic heterocycles. The number of nitrogens with one attached hydrogen (secondary N) is 1. The average Bonchev–Trinajstić information content (AvgIpc) is 3.22. The van der Waals surface area contributed by atoms with E-state index in [-0.39, 0.29) is 23.5 Å². The highest BCUT2D eigenvalue weighted by molar-refractivity contribution is 7.91. The Kier molecular flexibility index (Phi) is 5.51. The second kappa shape index (κ2) is 7.63. The maximum absolute atomic E-state index is 12.3. The standard InChI is InChI=1S/C17H21N3O3S2/c1-2-20(15-6-9-25(22,23)12-15)11-13-4-3-5-14(10-13)16(21)19-17-18-7-8-24-17/h3-5,7-8,10,15H,2,6,9,11-12H2,1H3,(H,18,19,21). The van der Waals surface area contributed by atoms with E-state index in [0.717, 1.165) is 12.1 Å². The number of thiazole rings is 1. The fourth-order valence-electron chi connectivity index (χ4n) is 3.06. The lowest BCUT2D eigenvalue weighted by molar-refractivity contribution is 0.102. The molecule has 2 aromatic rings. The lowest BCUT2D eigenvalue weighted by Gasteiger charge is -2.26. The topological polar surface area (TPSA) is 79.4 Å². The Morgan fingerprint density at radius 3 is 2.92 bits per heavy atom. The summed E-state index contributed by atoms with van der Waals surface area (Å²) in [5, 5.41) is 5.15. The van der Waals surface area contributed by atoms with Crippen molar-refractivity contribution in [1.82, 2.24) is 9.88 Å². The lowest BCUT2D eigenvalue weighted by atomic mass is 10.1. The molecular weight excluding hydrogens is 358 g/mol. The van der Waals surface area contributed by atoms with Gasteiger partial charge in [0.1, 0.15) is 0 Å². The molecule has 0 spiro atoms. The van der Waals surface area contributed by atoms with Crippen molar-refractivity contribution in [2.24, 2.45) is 0 Å². The van der Waals surface area contributed by atoms with Gasteiger partial charge >= 0.3 is 0 Å².